The van der Waals surface area contributed by atoms with Crippen molar-refractivity contribution < 1.29 is 23.6 Å². The van der Waals surface area contributed by atoms with Crippen LogP contribution in [0.3, 0.4) is 0 Å². The molecule has 1 aliphatic rings. The number of nitro benzene ring substituents is 1. The van der Waals surface area contributed by atoms with Gasteiger partial charge >= 0.3 is 0 Å². The number of rotatable bonds is 13. The molecule has 1 saturated carbocycles. The first kappa shape index (κ1) is 30.9. The van der Waals surface area contributed by atoms with Gasteiger partial charge in [0.15, 0.2) is 0 Å². The molecule has 42 heavy (non-hydrogen) atoms. The molecule has 0 bridgehead atoms. The van der Waals surface area contributed by atoms with Crippen LogP contribution in [0.1, 0.15) is 65.7 Å². The van der Waals surface area contributed by atoms with Crippen LogP contribution < -0.4 is 0 Å². The Balaban J connectivity index is 1.57. The zero-order valence-corrected chi connectivity index (χ0v) is 24.3. The Labute approximate surface area is 246 Å². The fourth-order valence-corrected chi connectivity index (χ4v) is 5.55. The largest absolute Gasteiger partial charge is 0.385 e. The van der Waals surface area contributed by atoms with Crippen LogP contribution in [0.25, 0.3) is 0 Å². The number of hydrogen-bond donors (Lipinski definition) is 0. The maximum atomic E-state index is 14.0. The van der Waals surface area contributed by atoms with E-state index < -0.39 is 10.8 Å². The minimum absolute atomic E-state index is 0.0526. The number of carbonyl (C=O) groups is 2. The maximum Gasteiger partial charge on any atom is 0.273 e. The van der Waals surface area contributed by atoms with E-state index in [1.807, 2.05) is 23.2 Å². The van der Waals surface area contributed by atoms with E-state index in [4.69, 9.17) is 4.74 Å². The number of methoxy groups -OCH3 is 1. The molecule has 0 unspecified atom stereocenters. The van der Waals surface area contributed by atoms with E-state index in [9.17, 15) is 24.1 Å². The first-order valence-corrected chi connectivity index (χ1v) is 14.5. The standard InChI is InChI=1S/C32H39FN4O5/c1-24-11-14-26(20-30(24)37(40)41)32(39)35(18-7-19-42-2)23-31(38)36(28-8-4-3-5-9-28)22-29-10-6-17-34(29)21-25-12-15-27(33)16-13-25/h6,10-17,20,28H,3-5,7-9,18-19,21-23H2,1-2H3. The first-order valence-electron chi connectivity index (χ1n) is 14.5. The van der Waals surface area contributed by atoms with Crippen molar-refractivity contribution in [1.82, 2.24) is 14.4 Å². The highest BCUT2D eigenvalue weighted by atomic mass is 19.1. The van der Waals surface area contributed by atoms with Gasteiger partial charge in [-0.05, 0) is 62.1 Å². The van der Waals surface area contributed by atoms with Crippen LogP contribution >= 0.6 is 0 Å². The third-order valence-corrected chi connectivity index (χ3v) is 7.90. The van der Waals surface area contributed by atoms with Crippen LogP contribution in [-0.2, 0) is 22.6 Å². The lowest BCUT2D eigenvalue weighted by Gasteiger charge is -2.36. The molecule has 1 fully saturated rings. The van der Waals surface area contributed by atoms with E-state index in [2.05, 4.69) is 4.57 Å². The number of amides is 2. The van der Waals surface area contributed by atoms with Gasteiger partial charge in [-0.15, -0.1) is 0 Å². The van der Waals surface area contributed by atoms with Gasteiger partial charge in [0, 0.05) is 61.9 Å². The van der Waals surface area contributed by atoms with Crippen LogP contribution in [0, 0.1) is 22.9 Å². The summed E-state index contributed by atoms with van der Waals surface area (Å²) in [5, 5.41) is 11.5. The monoisotopic (exact) mass is 578 g/mol. The Morgan fingerprint density at radius 1 is 1.10 bits per heavy atom. The average Bonchev–Trinajstić information content (AvgIpc) is 3.43. The number of aryl methyl sites for hydroxylation is 1. The van der Waals surface area contributed by atoms with Gasteiger partial charge in [-0.25, -0.2) is 4.39 Å². The SMILES string of the molecule is COCCCN(CC(=O)N(Cc1cccn1Cc1ccc(F)cc1)C1CCCCC1)C(=O)c1ccc(C)c([N+](=O)[O-])c1. The molecule has 224 valence electrons. The molecular weight excluding hydrogens is 539 g/mol. The molecule has 0 saturated heterocycles. The minimum atomic E-state index is -0.502. The Morgan fingerprint density at radius 2 is 1.83 bits per heavy atom. The van der Waals surface area contributed by atoms with Crippen molar-refractivity contribution >= 4 is 17.5 Å². The van der Waals surface area contributed by atoms with E-state index in [1.54, 1.807) is 38.3 Å². The van der Waals surface area contributed by atoms with Crippen molar-refractivity contribution in [2.24, 2.45) is 0 Å². The molecule has 3 aromatic rings. The highest BCUT2D eigenvalue weighted by Crippen LogP contribution is 2.26. The highest BCUT2D eigenvalue weighted by Gasteiger charge is 2.29. The lowest BCUT2D eigenvalue weighted by Crippen LogP contribution is -2.48. The normalized spacial score (nSPS) is 13.6. The lowest BCUT2D eigenvalue weighted by molar-refractivity contribution is -0.385. The van der Waals surface area contributed by atoms with E-state index in [-0.39, 0.29) is 42.1 Å². The molecule has 0 spiro atoms. The second-order valence-electron chi connectivity index (χ2n) is 10.9. The van der Waals surface area contributed by atoms with Crippen LogP contribution in [0.2, 0.25) is 0 Å². The predicted molar refractivity (Wildman–Crippen MR) is 158 cm³/mol. The predicted octanol–water partition coefficient (Wildman–Crippen LogP) is 5.73. The van der Waals surface area contributed by atoms with E-state index >= 15 is 0 Å². The van der Waals surface area contributed by atoms with Gasteiger partial charge in [0.05, 0.1) is 11.5 Å². The Morgan fingerprint density at radius 3 is 2.52 bits per heavy atom. The topological polar surface area (TPSA) is 97.9 Å². The second kappa shape index (κ2) is 14.7. The summed E-state index contributed by atoms with van der Waals surface area (Å²) in [4.78, 5) is 42.0. The zero-order chi connectivity index (χ0) is 30.1. The molecule has 1 heterocycles. The molecule has 2 aromatic carbocycles. The van der Waals surface area contributed by atoms with Crippen LogP contribution in [-0.4, -0.2) is 64.0 Å². The summed E-state index contributed by atoms with van der Waals surface area (Å²) < 4.78 is 20.7. The third kappa shape index (κ3) is 8.03. The molecule has 2 amide bonds. The average molecular weight is 579 g/mol. The quantitative estimate of drug-likeness (QED) is 0.147. The minimum Gasteiger partial charge on any atom is -0.385 e. The van der Waals surface area contributed by atoms with Crippen molar-refractivity contribution in [2.75, 3.05) is 26.8 Å². The molecule has 1 aromatic heterocycles. The van der Waals surface area contributed by atoms with Crippen LogP contribution in [0.15, 0.2) is 60.8 Å². The molecule has 0 atom stereocenters. The van der Waals surface area contributed by atoms with E-state index in [0.717, 1.165) is 43.4 Å². The Hall–Kier alpha value is -4.05. The zero-order valence-electron chi connectivity index (χ0n) is 24.3. The maximum absolute atomic E-state index is 14.0. The van der Waals surface area contributed by atoms with Gasteiger partial charge in [-0.1, -0.05) is 37.5 Å². The number of nitro groups is 1. The van der Waals surface area contributed by atoms with Gasteiger partial charge in [0.1, 0.15) is 12.4 Å². The fourth-order valence-electron chi connectivity index (χ4n) is 5.55. The molecule has 1 aliphatic carbocycles. The number of halogens is 1. The van der Waals surface area contributed by atoms with Gasteiger partial charge in [0.25, 0.3) is 11.6 Å². The van der Waals surface area contributed by atoms with Gasteiger partial charge in [-0.2, -0.15) is 0 Å². The molecule has 0 aliphatic heterocycles. The van der Waals surface area contributed by atoms with Crippen molar-refractivity contribution in [1.29, 1.82) is 0 Å². The fraction of sp³-hybridized carbons (Fsp3) is 0.438. The Kier molecular flexibility index (Phi) is 10.8. The third-order valence-electron chi connectivity index (χ3n) is 7.90. The molecule has 9 nitrogen and oxygen atoms in total. The molecule has 10 heteroatoms. The summed E-state index contributed by atoms with van der Waals surface area (Å²) in [7, 11) is 1.58. The number of ether oxygens (including phenoxy) is 1. The van der Waals surface area contributed by atoms with Crippen LogP contribution in [0.4, 0.5) is 10.1 Å². The smallest absolute Gasteiger partial charge is 0.273 e. The summed E-state index contributed by atoms with van der Waals surface area (Å²) in [5.41, 5.74) is 2.41. The van der Waals surface area contributed by atoms with Gasteiger partial charge in [-0.3, -0.25) is 19.7 Å². The van der Waals surface area contributed by atoms with E-state index in [1.165, 1.54) is 23.1 Å². The molecule has 0 N–H and O–H groups in total. The number of benzene rings is 2. The summed E-state index contributed by atoms with van der Waals surface area (Å²) in [6.45, 7) is 3.10. The first-order chi connectivity index (χ1) is 20.3. The number of aromatic nitrogens is 1. The number of hydrogen-bond acceptors (Lipinski definition) is 5. The van der Waals surface area contributed by atoms with Crippen LogP contribution in [0.5, 0.6) is 0 Å². The van der Waals surface area contributed by atoms with Crippen molar-refractivity contribution in [3.8, 4) is 0 Å². The van der Waals surface area contributed by atoms with Gasteiger partial charge in [0.2, 0.25) is 5.91 Å². The van der Waals surface area contributed by atoms with Gasteiger partial charge < -0.3 is 19.1 Å². The molecule has 0 radical (unpaired) electrons. The summed E-state index contributed by atoms with van der Waals surface area (Å²) in [5.74, 6) is -0.875. The summed E-state index contributed by atoms with van der Waals surface area (Å²) in [6, 6.07) is 14.8. The van der Waals surface area contributed by atoms with Crippen molar-refractivity contribution in [3.05, 3.63) is 99.1 Å². The highest BCUT2D eigenvalue weighted by molar-refractivity contribution is 5.97. The summed E-state index contributed by atoms with van der Waals surface area (Å²) in [6.07, 6.45) is 7.47. The van der Waals surface area contributed by atoms with Crippen molar-refractivity contribution in [3.63, 3.8) is 0 Å². The molecular formula is C32H39FN4O5. The Bertz CT molecular complexity index is 1370. The number of nitrogens with zero attached hydrogens (tertiary/aromatic N) is 4. The number of carbonyl (C=O) groups excluding carboxylic acids is 2. The molecule has 4 rings (SSSR count). The van der Waals surface area contributed by atoms with Crippen molar-refractivity contribution in [2.45, 2.75) is 64.6 Å². The van der Waals surface area contributed by atoms with E-state index in [0.29, 0.717) is 31.7 Å². The second-order valence-corrected chi connectivity index (χ2v) is 10.9. The summed E-state index contributed by atoms with van der Waals surface area (Å²) >= 11 is 0. The lowest BCUT2D eigenvalue weighted by atomic mass is 9.94.